The second-order valence-corrected chi connectivity index (χ2v) is 6.93. The Morgan fingerprint density at radius 2 is 1.58 bits per heavy atom. The number of benzene rings is 3. The van der Waals surface area contributed by atoms with Crippen LogP contribution in [-0.2, 0) is 11.3 Å². The van der Waals surface area contributed by atoms with Gasteiger partial charge in [0.1, 0.15) is 0 Å². The lowest BCUT2D eigenvalue weighted by Gasteiger charge is -2.29. The third kappa shape index (κ3) is 3.00. The Labute approximate surface area is 158 Å². The summed E-state index contributed by atoms with van der Waals surface area (Å²) in [5, 5.41) is 4.47. The summed E-state index contributed by atoms with van der Waals surface area (Å²) in [6.45, 7) is 0.624. The van der Waals surface area contributed by atoms with Gasteiger partial charge in [0.15, 0.2) is 0 Å². The summed E-state index contributed by atoms with van der Waals surface area (Å²) in [6.07, 6.45) is 0. The minimum Gasteiger partial charge on any atom is -0.272 e. The zero-order valence-corrected chi connectivity index (χ0v) is 15.2. The first-order valence-electron chi connectivity index (χ1n) is 8.58. The Kier molecular flexibility index (Phi) is 4.49. The van der Waals surface area contributed by atoms with E-state index in [0.717, 1.165) is 22.4 Å². The van der Waals surface area contributed by atoms with E-state index in [1.807, 2.05) is 90.9 Å². The molecule has 1 aliphatic rings. The van der Waals surface area contributed by atoms with Crippen LogP contribution in [0.15, 0.2) is 78.9 Å². The quantitative estimate of drug-likeness (QED) is 0.661. The number of rotatable bonds is 4. The van der Waals surface area contributed by atoms with E-state index in [1.165, 1.54) is 0 Å². The lowest BCUT2D eigenvalue weighted by atomic mass is 9.93. The number of hydrogen-bond acceptors (Lipinski definition) is 2. The molecule has 1 atom stereocenters. The second kappa shape index (κ2) is 6.94. The average Bonchev–Trinajstić information content (AvgIpc) is 2.96. The Morgan fingerprint density at radius 1 is 0.923 bits per heavy atom. The maximum atomic E-state index is 13.3. The van der Waals surface area contributed by atoms with Crippen molar-refractivity contribution in [1.29, 1.82) is 0 Å². The van der Waals surface area contributed by atoms with Gasteiger partial charge in [0.2, 0.25) is 0 Å². The summed E-state index contributed by atoms with van der Waals surface area (Å²) >= 11 is 5.97. The molecular formula is C22H19ClN2O. The molecule has 0 N–H and O–H groups in total. The molecule has 0 radical (unpaired) electrons. The predicted octanol–water partition coefficient (Wildman–Crippen LogP) is 4.87. The fraction of sp³-hybridized carbons (Fsp3) is 0.136. The van der Waals surface area contributed by atoms with Crippen LogP contribution in [0.3, 0.4) is 0 Å². The molecule has 0 bridgehead atoms. The summed E-state index contributed by atoms with van der Waals surface area (Å²) < 4.78 is 0. The van der Waals surface area contributed by atoms with Gasteiger partial charge in [0.05, 0.1) is 11.6 Å². The van der Waals surface area contributed by atoms with Crippen molar-refractivity contribution in [3.8, 4) is 0 Å². The lowest BCUT2D eigenvalue weighted by molar-refractivity contribution is -0.121. The van der Waals surface area contributed by atoms with Crippen LogP contribution in [0, 0.1) is 0 Å². The lowest BCUT2D eigenvalue weighted by Crippen LogP contribution is -2.42. The largest absolute Gasteiger partial charge is 0.272 e. The first kappa shape index (κ1) is 16.8. The molecule has 1 amide bonds. The number of amides is 1. The minimum atomic E-state index is -0.264. The Morgan fingerprint density at radius 3 is 2.31 bits per heavy atom. The number of carbonyl (C=O) groups excluding carboxylic acids is 1. The summed E-state index contributed by atoms with van der Waals surface area (Å²) in [4.78, 5) is 13.3. The van der Waals surface area contributed by atoms with Crippen molar-refractivity contribution in [1.82, 2.24) is 5.01 Å². The van der Waals surface area contributed by atoms with Crippen molar-refractivity contribution in [3.05, 3.63) is 101 Å². The van der Waals surface area contributed by atoms with E-state index in [9.17, 15) is 4.79 Å². The predicted molar refractivity (Wildman–Crippen MR) is 105 cm³/mol. The van der Waals surface area contributed by atoms with E-state index >= 15 is 0 Å². The molecular weight excluding hydrogens is 344 g/mol. The van der Waals surface area contributed by atoms with E-state index in [-0.39, 0.29) is 11.8 Å². The Bertz CT molecular complexity index is 924. The van der Waals surface area contributed by atoms with Crippen molar-refractivity contribution in [2.45, 2.75) is 12.5 Å². The smallest absolute Gasteiger partial charge is 0.253 e. The fourth-order valence-electron chi connectivity index (χ4n) is 3.54. The highest BCUT2D eigenvalue weighted by Gasteiger charge is 2.39. The maximum Gasteiger partial charge on any atom is 0.253 e. The summed E-state index contributed by atoms with van der Waals surface area (Å²) in [6, 6.07) is 25.7. The van der Waals surface area contributed by atoms with E-state index in [4.69, 9.17) is 11.6 Å². The monoisotopic (exact) mass is 362 g/mol. The van der Waals surface area contributed by atoms with Crippen LogP contribution in [0.5, 0.6) is 0 Å². The van der Waals surface area contributed by atoms with E-state index < -0.39 is 0 Å². The highest BCUT2D eigenvalue weighted by atomic mass is 35.5. The molecule has 26 heavy (non-hydrogen) atoms. The Hall–Kier alpha value is -2.62. The zero-order chi connectivity index (χ0) is 18.1. The van der Waals surface area contributed by atoms with Crippen molar-refractivity contribution in [3.63, 3.8) is 0 Å². The van der Waals surface area contributed by atoms with E-state index in [2.05, 4.69) is 0 Å². The van der Waals surface area contributed by atoms with Gasteiger partial charge in [-0.3, -0.25) is 4.79 Å². The molecule has 0 aliphatic carbocycles. The normalized spacial score (nSPS) is 16.2. The molecule has 4 heteroatoms. The molecule has 130 valence electrons. The van der Waals surface area contributed by atoms with E-state index in [1.54, 1.807) is 5.01 Å². The van der Waals surface area contributed by atoms with Gasteiger partial charge >= 0.3 is 0 Å². The molecule has 4 rings (SSSR count). The van der Waals surface area contributed by atoms with Gasteiger partial charge in [-0.25, -0.2) is 10.0 Å². The van der Waals surface area contributed by atoms with Crippen molar-refractivity contribution in [2.24, 2.45) is 0 Å². The summed E-state index contributed by atoms with van der Waals surface area (Å²) in [7, 11) is 1.94. The maximum absolute atomic E-state index is 13.3. The van der Waals surface area contributed by atoms with Gasteiger partial charge in [0.25, 0.3) is 5.91 Å². The van der Waals surface area contributed by atoms with Crippen molar-refractivity contribution >= 4 is 23.2 Å². The summed E-state index contributed by atoms with van der Waals surface area (Å²) in [5.74, 6) is -0.186. The fourth-order valence-corrected chi connectivity index (χ4v) is 3.67. The van der Waals surface area contributed by atoms with Crippen LogP contribution in [0.25, 0.3) is 0 Å². The highest BCUT2D eigenvalue weighted by Crippen LogP contribution is 2.41. The molecule has 1 heterocycles. The first-order valence-corrected chi connectivity index (χ1v) is 8.96. The Balaban J connectivity index is 1.68. The zero-order valence-electron chi connectivity index (χ0n) is 14.5. The van der Waals surface area contributed by atoms with Crippen LogP contribution >= 0.6 is 11.6 Å². The number of hydrogen-bond donors (Lipinski definition) is 0. The number of hydrazine groups is 1. The molecule has 0 unspecified atom stereocenters. The number of fused-ring (bicyclic) bond motifs is 1. The van der Waals surface area contributed by atoms with Gasteiger partial charge in [-0.2, -0.15) is 0 Å². The third-order valence-electron chi connectivity index (χ3n) is 4.73. The number of anilines is 1. The van der Waals surface area contributed by atoms with Gasteiger partial charge in [-0.15, -0.1) is 0 Å². The topological polar surface area (TPSA) is 23.6 Å². The van der Waals surface area contributed by atoms with E-state index in [0.29, 0.717) is 11.6 Å². The van der Waals surface area contributed by atoms with Gasteiger partial charge in [-0.1, -0.05) is 72.3 Å². The minimum absolute atomic E-state index is 0.0777. The molecule has 3 aromatic carbocycles. The molecule has 0 saturated heterocycles. The van der Waals surface area contributed by atoms with Gasteiger partial charge in [0, 0.05) is 18.6 Å². The molecule has 0 spiro atoms. The number of para-hydroxylation sites is 1. The highest BCUT2D eigenvalue weighted by molar-refractivity contribution is 6.30. The molecule has 3 aromatic rings. The van der Waals surface area contributed by atoms with Crippen LogP contribution in [0.2, 0.25) is 5.02 Å². The molecule has 0 aromatic heterocycles. The number of carbonyl (C=O) groups is 1. The van der Waals surface area contributed by atoms with Crippen LogP contribution < -0.4 is 5.01 Å². The van der Waals surface area contributed by atoms with Crippen molar-refractivity contribution < 1.29 is 4.79 Å². The van der Waals surface area contributed by atoms with Crippen LogP contribution in [0.4, 0.5) is 5.69 Å². The first-order chi connectivity index (χ1) is 12.6. The molecule has 3 nitrogen and oxygen atoms in total. The molecule has 1 aliphatic heterocycles. The standard InChI is InChI=1S/C22H19ClN2O/c1-24(15-16-11-13-18(23)14-12-16)25-20-10-6-5-9-19(20)21(22(25)26)17-7-3-2-4-8-17/h2-14,21H,15H2,1H3/t21-/m1/s1. The average molecular weight is 363 g/mol. The molecule has 0 fully saturated rings. The van der Waals surface area contributed by atoms with Crippen LogP contribution in [0.1, 0.15) is 22.6 Å². The molecule has 0 saturated carbocycles. The summed E-state index contributed by atoms with van der Waals surface area (Å²) in [5.41, 5.74) is 4.12. The van der Waals surface area contributed by atoms with Crippen molar-refractivity contribution in [2.75, 3.05) is 12.1 Å². The van der Waals surface area contributed by atoms with Gasteiger partial charge in [-0.05, 0) is 34.9 Å². The van der Waals surface area contributed by atoms with Gasteiger partial charge < -0.3 is 0 Å². The van der Waals surface area contributed by atoms with Crippen LogP contribution in [-0.4, -0.2) is 18.0 Å². The third-order valence-corrected chi connectivity index (χ3v) is 4.98. The number of nitrogens with zero attached hydrogens (tertiary/aromatic N) is 2. The second-order valence-electron chi connectivity index (χ2n) is 6.49. The SMILES string of the molecule is CN(Cc1ccc(Cl)cc1)N1C(=O)[C@H](c2ccccc2)c2ccccc21. The number of halogens is 1.